The second-order valence-corrected chi connectivity index (χ2v) is 6.94. The molecule has 0 spiro atoms. The first kappa shape index (κ1) is 21.2. The molecule has 5 nitrogen and oxygen atoms in total. The van der Waals surface area contributed by atoms with Crippen LogP contribution in [0.1, 0.15) is 60.8 Å². The predicted molar refractivity (Wildman–Crippen MR) is 88.3 cm³/mol. The van der Waals surface area contributed by atoms with Crippen molar-refractivity contribution in [2.75, 3.05) is 0 Å². The Labute approximate surface area is 135 Å². The van der Waals surface area contributed by atoms with Gasteiger partial charge in [-0.25, -0.2) is 4.79 Å². The number of primary amides is 1. The largest absolute Gasteiger partial charge is 0.446 e. The summed E-state index contributed by atoms with van der Waals surface area (Å²) in [6.45, 7) is 11.7. The maximum Gasteiger partial charge on any atom is 0.404 e. The monoisotopic (exact) mass is 317 g/mol. The minimum atomic E-state index is -0.823. The lowest BCUT2D eigenvalue weighted by molar-refractivity contribution is -0.0205. The first-order chi connectivity index (χ1) is 10.1. The van der Waals surface area contributed by atoms with Crippen molar-refractivity contribution in [2.45, 2.75) is 79.1 Å². The molecule has 5 heteroatoms. The van der Waals surface area contributed by atoms with Crippen LogP contribution >= 0.6 is 0 Å². The van der Waals surface area contributed by atoms with Crippen molar-refractivity contribution >= 4 is 6.09 Å². The maximum absolute atomic E-state index is 10.8. The molecular weight excluding hydrogens is 282 g/mol. The molecule has 0 saturated heterocycles. The standard InChI is InChI=1S/C17H35NO4/c1-7-8-10(2)15(19)11(3)9-12(4)16(20)13(5)14(6)22-17(18)21/h10-16,19-20H,7-9H2,1-6H3,(H2,18,21). The highest BCUT2D eigenvalue weighted by molar-refractivity contribution is 5.64. The van der Waals surface area contributed by atoms with E-state index >= 15 is 0 Å². The molecule has 0 aromatic heterocycles. The van der Waals surface area contributed by atoms with Crippen molar-refractivity contribution in [1.82, 2.24) is 0 Å². The summed E-state index contributed by atoms with van der Waals surface area (Å²) in [5.74, 6) is 0.178. The van der Waals surface area contributed by atoms with Gasteiger partial charge in [0.2, 0.25) is 0 Å². The summed E-state index contributed by atoms with van der Waals surface area (Å²) in [4.78, 5) is 10.8. The van der Waals surface area contributed by atoms with Crippen molar-refractivity contribution in [3.05, 3.63) is 0 Å². The number of rotatable bonds is 10. The van der Waals surface area contributed by atoms with E-state index < -0.39 is 18.3 Å². The Bertz CT molecular complexity index is 324. The van der Waals surface area contributed by atoms with Gasteiger partial charge in [-0.05, 0) is 37.5 Å². The van der Waals surface area contributed by atoms with Crippen LogP contribution in [-0.2, 0) is 4.74 Å². The van der Waals surface area contributed by atoms with Crippen LogP contribution in [0.4, 0.5) is 4.79 Å². The molecule has 0 aromatic rings. The van der Waals surface area contributed by atoms with E-state index in [-0.39, 0.29) is 29.8 Å². The average Bonchev–Trinajstić information content (AvgIpc) is 2.43. The highest BCUT2D eigenvalue weighted by Crippen LogP contribution is 2.28. The summed E-state index contributed by atoms with van der Waals surface area (Å²) >= 11 is 0. The van der Waals surface area contributed by atoms with Gasteiger partial charge in [-0.15, -0.1) is 0 Å². The number of hydrogen-bond acceptors (Lipinski definition) is 4. The molecule has 7 atom stereocenters. The minimum Gasteiger partial charge on any atom is -0.446 e. The molecular formula is C17H35NO4. The summed E-state index contributed by atoms with van der Waals surface area (Å²) in [6.07, 6.45) is 0.564. The Morgan fingerprint density at radius 3 is 1.95 bits per heavy atom. The van der Waals surface area contributed by atoms with Gasteiger partial charge in [0.25, 0.3) is 0 Å². The zero-order valence-electron chi connectivity index (χ0n) is 15.0. The number of amides is 1. The summed E-state index contributed by atoms with van der Waals surface area (Å²) < 4.78 is 4.94. The zero-order valence-corrected chi connectivity index (χ0v) is 15.0. The van der Waals surface area contributed by atoms with E-state index in [1.807, 2.05) is 20.8 Å². The van der Waals surface area contributed by atoms with Gasteiger partial charge >= 0.3 is 6.09 Å². The van der Waals surface area contributed by atoms with Crippen LogP contribution in [0.2, 0.25) is 0 Å². The molecule has 0 heterocycles. The zero-order chi connectivity index (χ0) is 17.4. The van der Waals surface area contributed by atoms with Crippen LogP contribution in [0.25, 0.3) is 0 Å². The number of aliphatic hydroxyl groups excluding tert-OH is 2. The van der Waals surface area contributed by atoms with Gasteiger partial charge in [0.15, 0.2) is 0 Å². The first-order valence-corrected chi connectivity index (χ1v) is 8.43. The minimum absolute atomic E-state index is 0.00685. The van der Waals surface area contributed by atoms with E-state index in [0.29, 0.717) is 0 Å². The van der Waals surface area contributed by atoms with Crippen LogP contribution in [0.15, 0.2) is 0 Å². The molecule has 22 heavy (non-hydrogen) atoms. The molecule has 132 valence electrons. The number of carbonyl (C=O) groups excluding carboxylic acids is 1. The number of carbonyl (C=O) groups is 1. The highest BCUT2D eigenvalue weighted by atomic mass is 16.6. The third-order valence-electron chi connectivity index (χ3n) is 4.82. The molecule has 7 unspecified atom stereocenters. The fourth-order valence-electron chi connectivity index (χ4n) is 3.14. The Kier molecular flexibility index (Phi) is 9.69. The summed E-state index contributed by atoms with van der Waals surface area (Å²) in [5, 5.41) is 20.8. The third kappa shape index (κ3) is 6.97. The fourth-order valence-corrected chi connectivity index (χ4v) is 3.14. The van der Waals surface area contributed by atoms with Crippen molar-refractivity contribution < 1.29 is 19.7 Å². The van der Waals surface area contributed by atoms with E-state index in [1.165, 1.54) is 0 Å². The smallest absolute Gasteiger partial charge is 0.404 e. The number of ether oxygens (including phenoxy) is 1. The van der Waals surface area contributed by atoms with Crippen molar-refractivity contribution in [3.8, 4) is 0 Å². The Hall–Kier alpha value is -0.810. The second kappa shape index (κ2) is 10.1. The Morgan fingerprint density at radius 1 is 1.00 bits per heavy atom. The van der Waals surface area contributed by atoms with E-state index in [9.17, 15) is 15.0 Å². The van der Waals surface area contributed by atoms with Gasteiger partial charge in [-0.3, -0.25) is 0 Å². The summed E-state index contributed by atoms with van der Waals surface area (Å²) in [6, 6.07) is 0. The topological polar surface area (TPSA) is 92.8 Å². The lowest BCUT2D eigenvalue weighted by atomic mass is 9.80. The summed E-state index contributed by atoms with van der Waals surface area (Å²) in [5.41, 5.74) is 5.01. The Balaban J connectivity index is 4.50. The van der Waals surface area contributed by atoms with Crippen molar-refractivity contribution in [1.29, 1.82) is 0 Å². The number of hydrogen-bond donors (Lipinski definition) is 3. The van der Waals surface area contributed by atoms with E-state index in [4.69, 9.17) is 10.5 Å². The predicted octanol–water partition coefficient (Wildman–Crippen LogP) is 2.93. The van der Waals surface area contributed by atoms with E-state index in [1.54, 1.807) is 6.92 Å². The number of nitrogens with two attached hydrogens (primary N) is 1. The molecule has 4 N–H and O–H groups in total. The molecule has 0 aliphatic rings. The summed E-state index contributed by atoms with van der Waals surface area (Å²) in [7, 11) is 0. The Morgan fingerprint density at radius 2 is 1.50 bits per heavy atom. The van der Waals surface area contributed by atoms with Crippen molar-refractivity contribution in [2.24, 2.45) is 29.4 Å². The molecule has 0 saturated carbocycles. The SMILES string of the molecule is CCCC(C)C(O)C(C)CC(C)C(O)C(C)C(C)OC(N)=O. The molecule has 0 aromatic carbocycles. The molecule has 0 fully saturated rings. The lowest BCUT2D eigenvalue weighted by Gasteiger charge is -2.32. The van der Waals surface area contributed by atoms with Gasteiger partial charge in [0.1, 0.15) is 6.10 Å². The van der Waals surface area contributed by atoms with Gasteiger partial charge in [-0.2, -0.15) is 0 Å². The number of aliphatic hydroxyl groups is 2. The molecule has 0 radical (unpaired) electrons. The van der Waals surface area contributed by atoms with Crippen LogP contribution in [0.3, 0.4) is 0 Å². The van der Waals surface area contributed by atoms with Gasteiger partial charge in [-0.1, -0.05) is 41.0 Å². The van der Waals surface area contributed by atoms with Crippen LogP contribution < -0.4 is 5.73 Å². The highest BCUT2D eigenvalue weighted by Gasteiger charge is 2.30. The fraction of sp³-hybridized carbons (Fsp3) is 0.941. The van der Waals surface area contributed by atoms with Gasteiger partial charge < -0.3 is 20.7 Å². The van der Waals surface area contributed by atoms with Crippen molar-refractivity contribution in [3.63, 3.8) is 0 Å². The molecule has 1 amide bonds. The van der Waals surface area contributed by atoms with E-state index in [2.05, 4.69) is 13.8 Å². The molecule has 0 bridgehead atoms. The van der Waals surface area contributed by atoms with Gasteiger partial charge in [0.05, 0.1) is 12.2 Å². The molecule has 0 aliphatic carbocycles. The quantitative estimate of drug-likeness (QED) is 0.577. The average molecular weight is 317 g/mol. The molecule has 0 rings (SSSR count). The second-order valence-electron chi connectivity index (χ2n) is 6.94. The van der Waals surface area contributed by atoms with Crippen LogP contribution in [0, 0.1) is 23.7 Å². The van der Waals surface area contributed by atoms with Gasteiger partial charge in [0, 0.05) is 5.92 Å². The molecule has 0 aliphatic heterocycles. The van der Waals surface area contributed by atoms with E-state index in [0.717, 1.165) is 19.3 Å². The normalized spacial score (nSPS) is 21.3. The lowest BCUT2D eigenvalue weighted by Crippen LogP contribution is -2.38. The third-order valence-corrected chi connectivity index (χ3v) is 4.82. The van der Waals surface area contributed by atoms with Crippen LogP contribution in [0.5, 0.6) is 0 Å². The first-order valence-electron chi connectivity index (χ1n) is 8.43. The van der Waals surface area contributed by atoms with Crippen LogP contribution in [-0.4, -0.2) is 34.6 Å². The maximum atomic E-state index is 10.8.